The van der Waals surface area contributed by atoms with Gasteiger partial charge in [0.25, 0.3) is 10.0 Å². The average Bonchev–Trinajstić information content (AvgIpc) is 2.52. The molecule has 0 aromatic carbocycles. The molecule has 0 amide bonds. The third-order valence-electron chi connectivity index (χ3n) is 3.37. The zero-order valence-corrected chi connectivity index (χ0v) is 14.7. The van der Waals surface area contributed by atoms with Crippen molar-refractivity contribution in [2.75, 3.05) is 6.54 Å². The first-order valence-corrected chi connectivity index (χ1v) is 8.25. The van der Waals surface area contributed by atoms with E-state index in [0.717, 1.165) is 0 Å². The molecule has 0 aromatic heterocycles. The fraction of sp³-hybridized carbons (Fsp3) is 1.00. The van der Waals surface area contributed by atoms with Crippen molar-refractivity contribution in [2.45, 2.75) is 53.9 Å². The molecule has 0 aliphatic heterocycles. The van der Waals surface area contributed by atoms with Gasteiger partial charge in [0.05, 0.1) is 0 Å². The van der Waals surface area contributed by atoms with Crippen molar-refractivity contribution < 1.29 is 83.1 Å². The molecule has 0 aliphatic carbocycles. The van der Waals surface area contributed by atoms with Crippen LogP contribution in [0.25, 0.3) is 0 Å². The number of nitrogens with one attached hydrogen (secondary N) is 1. The van der Waals surface area contributed by atoms with Crippen molar-refractivity contribution in [3.63, 3.8) is 0 Å². The quantitative estimate of drug-likeness (QED) is 0.345. The van der Waals surface area contributed by atoms with E-state index >= 15 is 0 Å². The Balaban J connectivity index is 0. The second kappa shape index (κ2) is 8.74. The zero-order chi connectivity index (χ0) is 25.9. The molecule has 0 rings (SSSR count). The number of hydrogen-bond acceptors (Lipinski definition) is 2. The molecule has 1 N–H and O–H groups in total. The molecule has 0 unspecified atom stereocenters. The van der Waals surface area contributed by atoms with E-state index in [1.54, 1.807) is 0 Å². The molecule has 0 radical (unpaired) electrons. The van der Waals surface area contributed by atoms with Gasteiger partial charge in [-0.25, -0.2) is 13.1 Å². The maximum atomic E-state index is 13.4. The molecule has 0 fully saturated rings. The predicted molar refractivity (Wildman–Crippen MR) is 70.4 cm³/mol. The molecule has 0 atom stereocenters. The van der Waals surface area contributed by atoms with Crippen LogP contribution in [0.15, 0.2) is 0 Å². The molecule has 0 aliphatic rings. The molecular weight excluding hydrogens is 544 g/mol. The Labute approximate surface area is 188 Å². The topological polar surface area (TPSA) is 46.2 Å². The molecule has 32 heavy (non-hydrogen) atoms. The van der Waals surface area contributed by atoms with Gasteiger partial charge in [-0.15, -0.1) is 0 Å². The normalized spacial score (nSPS) is 16.1. The first kappa shape index (κ1) is 33.9. The number of alkyl halides is 17. The van der Waals surface area contributed by atoms with Gasteiger partial charge in [-0.1, -0.05) is 6.92 Å². The molecule has 3 nitrogen and oxygen atoms in total. The van der Waals surface area contributed by atoms with Crippen molar-refractivity contribution in [1.82, 2.24) is 4.72 Å². The van der Waals surface area contributed by atoms with Crippen LogP contribution in [-0.2, 0) is 10.0 Å². The van der Waals surface area contributed by atoms with Gasteiger partial charge in [0.2, 0.25) is 0 Å². The van der Waals surface area contributed by atoms with E-state index in [0.29, 0.717) is 11.6 Å². The second-order valence-corrected chi connectivity index (χ2v) is 7.27. The summed E-state index contributed by atoms with van der Waals surface area (Å²) in [5, 5.41) is -7.50. The van der Waals surface area contributed by atoms with Crippen molar-refractivity contribution in [3.8, 4) is 0 Å². The van der Waals surface area contributed by atoms with Gasteiger partial charge in [0.15, 0.2) is 0 Å². The van der Waals surface area contributed by atoms with Gasteiger partial charge >= 0.3 is 76.5 Å². The molecule has 0 spiro atoms. The standard InChI is InChI=1S/C10H6F17NO2S.Na.H/c1-2-28-31(29,30)10(26,27)8(21,22)6(17,18)4(13,14)3(11,12)5(15,16)7(19,20)9(23,24)25;;/h28H,2H2,1H3;;. The summed E-state index contributed by atoms with van der Waals surface area (Å²) in [4.78, 5) is 0. The van der Waals surface area contributed by atoms with E-state index in [-0.39, 0.29) is 29.6 Å². The zero-order valence-electron chi connectivity index (χ0n) is 13.9. The number of halogens is 17. The van der Waals surface area contributed by atoms with Crippen molar-refractivity contribution in [3.05, 3.63) is 0 Å². The van der Waals surface area contributed by atoms with Crippen LogP contribution in [0.2, 0.25) is 0 Å². The van der Waals surface area contributed by atoms with Gasteiger partial charge in [0.1, 0.15) is 0 Å². The molecule has 22 heteroatoms. The van der Waals surface area contributed by atoms with Crippen LogP contribution >= 0.6 is 0 Å². The number of rotatable bonds is 9. The first-order chi connectivity index (χ1) is 13.1. The fourth-order valence-corrected chi connectivity index (χ4v) is 2.63. The van der Waals surface area contributed by atoms with Crippen molar-refractivity contribution >= 4 is 39.6 Å². The molecule has 0 bridgehead atoms. The summed E-state index contributed by atoms with van der Waals surface area (Å²) < 4.78 is 242. The van der Waals surface area contributed by atoms with Crippen LogP contribution in [0, 0.1) is 0 Å². The summed E-state index contributed by atoms with van der Waals surface area (Å²) in [7, 11) is -7.15. The van der Waals surface area contributed by atoms with E-state index in [9.17, 15) is 83.1 Å². The van der Waals surface area contributed by atoms with E-state index < -0.39 is 63.5 Å². The van der Waals surface area contributed by atoms with Crippen molar-refractivity contribution in [2.24, 2.45) is 0 Å². The Morgan fingerprint density at radius 1 is 0.531 bits per heavy atom. The number of sulfonamides is 1. The maximum absolute atomic E-state index is 13.4. The second-order valence-electron chi connectivity index (χ2n) is 5.46. The Kier molecular flexibility index (Phi) is 9.26. The third kappa shape index (κ3) is 4.28. The van der Waals surface area contributed by atoms with Crippen LogP contribution in [0.3, 0.4) is 0 Å². The van der Waals surface area contributed by atoms with E-state index in [1.165, 1.54) is 0 Å². The Bertz CT molecular complexity index is 775. The van der Waals surface area contributed by atoms with Gasteiger partial charge in [0, 0.05) is 6.54 Å². The summed E-state index contributed by atoms with van der Waals surface area (Å²) in [6.45, 7) is -0.811. The van der Waals surface area contributed by atoms with Gasteiger partial charge in [-0.2, -0.15) is 74.6 Å². The van der Waals surface area contributed by atoms with Gasteiger partial charge in [-0.05, 0) is 0 Å². The monoisotopic (exact) mass is 551 g/mol. The molecule has 0 saturated heterocycles. The minimum atomic E-state index is -8.81. The summed E-state index contributed by atoms with van der Waals surface area (Å²) in [6.07, 6.45) is -7.86. The van der Waals surface area contributed by atoms with Gasteiger partial charge in [-0.3, -0.25) is 0 Å². The van der Waals surface area contributed by atoms with Crippen LogP contribution < -0.4 is 4.72 Å². The minimum absolute atomic E-state index is 0. The van der Waals surface area contributed by atoms with Crippen LogP contribution in [-0.4, -0.2) is 91.5 Å². The SMILES string of the molecule is CCNS(=O)(=O)C(F)(F)C(F)(F)C(F)(F)C(F)(F)C(F)(F)C(F)(F)C(F)(F)C(F)(F)F.[NaH]. The van der Waals surface area contributed by atoms with Crippen LogP contribution in [0.1, 0.15) is 6.92 Å². The molecular formula is C10H7F17NNaO2S. The van der Waals surface area contributed by atoms with Gasteiger partial charge < -0.3 is 0 Å². The third-order valence-corrected chi connectivity index (χ3v) is 4.97. The van der Waals surface area contributed by atoms with E-state index in [1.807, 2.05) is 0 Å². The Morgan fingerprint density at radius 3 is 1.03 bits per heavy atom. The van der Waals surface area contributed by atoms with Crippen LogP contribution in [0.4, 0.5) is 74.6 Å². The summed E-state index contributed by atoms with van der Waals surface area (Å²) in [6, 6.07) is 0. The Hall–Kier alpha value is -0.280. The molecule has 0 heterocycles. The predicted octanol–water partition coefficient (Wildman–Crippen LogP) is 4.24. The average molecular weight is 551 g/mol. The summed E-state index contributed by atoms with van der Waals surface area (Å²) >= 11 is 0. The number of hydrogen-bond donors (Lipinski definition) is 1. The molecule has 0 saturated carbocycles. The van der Waals surface area contributed by atoms with E-state index in [2.05, 4.69) is 0 Å². The van der Waals surface area contributed by atoms with E-state index in [4.69, 9.17) is 0 Å². The molecule has 190 valence electrons. The summed E-state index contributed by atoms with van der Waals surface area (Å²) in [5.41, 5.74) is 0. The van der Waals surface area contributed by atoms with Crippen molar-refractivity contribution in [1.29, 1.82) is 0 Å². The molecule has 0 aromatic rings. The Morgan fingerprint density at radius 2 is 0.781 bits per heavy atom. The van der Waals surface area contributed by atoms with Crippen LogP contribution in [0.5, 0.6) is 0 Å². The fourth-order valence-electron chi connectivity index (χ4n) is 1.60. The summed E-state index contributed by atoms with van der Waals surface area (Å²) in [5.74, 6) is -51.4. The first-order valence-electron chi connectivity index (χ1n) is 6.76.